The van der Waals surface area contributed by atoms with Gasteiger partial charge in [-0.15, -0.1) is 0 Å². The minimum atomic E-state index is 0.254. The van der Waals surface area contributed by atoms with Crippen LogP contribution >= 0.6 is 11.6 Å². The molecule has 1 saturated carbocycles. The summed E-state index contributed by atoms with van der Waals surface area (Å²) in [5.41, 5.74) is 0.254. The number of hydrogen-bond acceptors (Lipinski definition) is 2. The van der Waals surface area contributed by atoms with Gasteiger partial charge in [0.25, 0.3) is 0 Å². The van der Waals surface area contributed by atoms with E-state index in [0.29, 0.717) is 17.7 Å². The van der Waals surface area contributed by atoms with Gasteiger partial charge in [-0.1, -0.05) is 31.0 Å². The monoisotopic (exact) mass is 229 g/mol. The van der Waals surface area contributed by atoms with E-state index >= 15 is 0 Å². The van der Waals surface area contributed by atoms with Crippen LogP contribution < -0.4 is 5.32 Å². The molecule has 0 amide bonds. The number of nitrogens with one attached hydrogen (secondary N) is 1. The zero-order valence-corrected chi connectivity index (χ0v) is 9.98. The van der Waals surface area contributed by atoms with Gasteiger partial charge in [-0.3, -0.25) is 0 Å². The van der Waals surface area contributed by atoms with E-state index in [0.717, 1.165) is 6.54 Å². The van der Waals surface area contributed by atoms with Gasteiger partial charge in [0.15, 0.2) is 0 Å². The van der Waals surface area contributed by atoms with E-state index in [1.807, 2.05) is 0 Å². The summed E-state index contributed by atoms with van der Waals surface area (Å²) >= 11 is 5.69. The highest BCUT2D eigenvalue weighted by Crippen LogP contribution is 2.43. The maximum Gasteiger partial charge on any atom is 0.0708 e. The van der Waals surface area contributed by atoms with Gasteiger partial charge in [-0.25, -0.2) is 0 Å². The molecule has 0 aromatic carbocycles. The van der Waals surface area contributed by atoms with Gasteiger partial charge in [0.05, 0.1) is 11.7 Å². The van der Waals surface area contributed by atoms with E-state index in [2.05, 4.69) is 11.9 Å². The highest BCUT2D eigenvalue weighted by molar-refractivity contribution is 6.29. The maximum atomic E-state index is 6.16. The predicted octanol–water partition coefficient (Wildman–Crippen LogP) is 2.82. The molecule has 2 aliphatic rings. The van der Waals surface area contributed by atoms with Crippen molar-refractivity contribution in [1.29, 1.82) is 0 Å². The van der Waals surface area contributed by atoms with Gasteiger partial charge >= 0.3 is 0 Å². The van der Waals surface area contributed by atoms with E-state index in [-0.39, 0.29) is 5.60 Å². The van der Waals surface area contributed by atoms with Crippen molar-refractivity contribution >= 4 is 11.6 Å². The Morgan fingerprint density at radius 2 is 2.13 bits per heavy atom. The molecule has 0 bridgehead atoms. The number of hydrogen-bond donors (Lipinski definition) is 1. The first-order valence-corrected chi connectivity index (χ1v) is 6.30. The molecule has 3 heteroatoms. The Kier molecular flexibility index (Phi) is 3.70. The molecule has 0 aromatic rings. The van der Waals surface area contributed by atoms with Gasteiger partial charge in [0, 0.05) is 18.1 Å². The summed E-state index contributed by atoms with van der Waals surface area (Å²) in [5.74, 6) is 0. The molecular formula is C12H20ClNO. The number of rotatable bonds is 4. The van der Waals surface area contributed by atoms with Crippen LogP contribution in [0.4, 0.5) is 0 Å². The zero-order valence-electron chi connectivity index (χ0n) is 9.23. The second-order valence-corrected chi connectivity index (χ2v) is 5.35. The molecule has 2 fully saturated rings. The van der Waals surface area contributed by atoms with Gasteiger partial charge < -0.3 is 10.1 Å². The maximum absolute atomic E-state index is 6.16. The molecule has 1 saturated heterocycles. The molecule has 1 heterocycles. The van der Waals surface area contributed by atoms with Gasteiger partial charge in [-0.2, -0.15) is 0 Å². The van der Waals surface area contributed by atoms with E-state index in [4.69, 9.17) is 16.3 Å². The molecule has 1 spiro atoms. The zero-order chi connectivity index (χ0) is 10.7. The first-order chi connectivity index (χ1) is 7.20. The van der Waals surface area contributed by atoms with Gasteiger partial charge in [-0.05, 0) is 25.7 Å². The van der Waals surface area contributed by atoms with E-state index in [1.54, 1.807) is 0 Å². The number of ether oxygens (including phenoxy) is 1. The van der Waals surface area contributed by atoms with Crippen LogP contribution in [0, 0.1) is 0 Å². The summed E-state index contributed by atoms with van der Waals surface area (Å²) < 4.78 is 6.16. The molecule has 86 valence electrons. The minimum Gasteiger partial charge on any atom is -0.370 e. The standard InChI is InChI=1S/C12H20ClNO/c1-10(13)8-14-9-11-4-7-12(15-11)5-2-3-6-12/h11,14H,1-9H2. The van der Waals surface area contributed by atoms with Crippen LogP contribution in [-0.4, -0.2) is 24.8 Å². The SMILES string of the molecule is C=C(Cl)CNCC1CCC2(CCCC2)O1. The van der Waals surface area contributed by atoms with Crippen molar-refractivity contribution in [3.05, 3.63) is 11.6 Å². The van der Waals surface area contributed by atoms with Crippen LogP contribution in [0.5, 0.6) is 0 Å². The quantitative estimate of drug-likeness (QED) is 0.801. The van der Waals surface area contributed by atoms with Crippen LogP contribution in [0.3, 0.4) is 0 Å². The lowest BCUT2D eigenvalue weighted by Gasteiger charge is -2.23. The van der Waals surface area contributed by atoms with E-state index < -0.39 is 0 Å². The predicted molar refractivity (Wildman–Crippen MR) is 63.2 cm³/mol. The third kappa shape index (κ3) is 2.96. The smallest absolute Gasteiger partial charge is 0.0708 e. The lowest BCUT2D eigenvalue weighted by atomic mass is 9.98. The van der Waals surface area contributed by atoms with Gasteiger partial charge in [0.2, 0.25) is 0 Å². The molecule has 2 rings (SSSR count). The Balaban J connectivity index is 1.70. The summed E-state index contributed by atoms with van der Waals surface area (Å²) in [6, 6.07) is 0. The third-order valence-corrected chi connectivity index (χ3v) is 3.68. The second kappa shape index (κ2) is 4.86. The molecule has 1 N–H and O–H groups in total. The molecule has 0 aromatic heterocycles. The highest BCUT2D eigenvalue weighted by Gasteiger charge is 2.41. The fourth-order valence-electron chi connectivity index (χ4n) is 2.80. The van der Waals surface area contributed by atoms with Crippen LogP contribution in [0.1, 0.15) is 38.5 Å². The fraction of sp³-hybridized carbons (Fsp3) is 0.833. The van der Waals surface area contributed by atoms with Crippen molar-refractivity contribution in [2.24, 2.45) is 0 Å². The van der Waals surface area contributed by atoms with Crippen LogP contribution in [0.15, 0.2) is 11.6 Å². The Morgan fingerprint density at radius 1 is 1.40 bits per heavy atom. The molecule has 2 nitrogen and oxygen atoms in total. The summed E-state index contributed by atoms with van der Waals surface area (Å²) in [6.07, 6.45) is 8.07. The largest absolute Gasteiger partial charge is 0.370 e. The topological polar surface area (TPSA) is 21.3 Å². The molecule has 1 aliphatic heterocycles. The Bertz CT molecular complexity index is 236. The lowest BCUT2D eigenvalue weighted by molar-refractivity contribution is -0.0348. The highest BCUT2D eigenvalue weighted by atomic mass is 35.5. The molecule has 1 atom stereocenters. The first kappa shape index (κ1) is 11.4. The Hall–Kier alpha value is -0.0500. The van der Waals surface area contributed by atoms with Crippen LogP contribution in [-0.2, 0) is 4.74 Å². The van der Waals surface area contributed by atoms with E-state index in [9.17, 15) is 0 Å². The average molecular weight is 230 g/mol. The fourth-order valence-corrected chi connectivity index (χ4v) is 2.89. The van der Waals surface area contributed by atoms with Crippen LogP contribution in [0.2, 0.25) is 0 Å². The normalized spacial score (nSPS) is 28.7. The van der Waals surface area contributed by atoms with Crippen molar-refractivity contribution in [3.63, 3.8) is 0 Å². The Labute approximate surface area is 97.0 Å². The van der Waals surface area contributed by atoms with Gasteiger partial charge in [0.1, 0.15) is 0 Å². The summed E-state index contributed by atoms with van der Waals surface area (Å²) in [7, 11) is 0. The molecule has 15 heavy (non-hydrogen) atoms. The van der Waals surface area contributed by atoms with Crippen molar-refractivity contribution < 1.29 is 4.74 Å². The Morgan fingerprint density at radius 3 is 2.80 bits per heavy atom. The van der Waals surface area contributed by atoms with Crippen LogP contribution in [0.25, 0.3) is 0 Å². The molecule has 0 radical (unpaired) electrons. The second-order valence-electron chi connectivity index (χ2n) is 4.82. The minimum absolute atomic E-state index is 0.254. The first-order valence-electron chi connectivity index (χ1n) is 5.92. The van der Waals surface area contributed by atoms with Crippen molar-refractivity contribution in [2.45, 2.75) is 50.2 Å². The average Bonchev–Trinajstić information content (AvgIpc) is 2.78. The summed E-state index contributed by atoms with van der Waals surface area (Å²) in [5, 5.41) is 3.95. The van der Waals surface area contributed by atoms with Crippen molar-refractivity contribution in [3.8, 4) is 0 Å². The van der Waals surface area contributed by atoms with Crippen molar-refractivity contribution in [2.75, 3.05) is 13.1 Å². The lowest BCUT2D eigenvalue weighted by Crippen LogP contribution is -2.31. The third-order valence-electron chi connectivity index (χ3n) is 3.54. The number of halogens is 1. The van der Waals surface area contributed by atoms with Crippen molar-refractivity contribution in [1.82, 2.24) is 5.32 Å². The molecule has 1 unspecified atom stereocenters. The summed E-state index contributed by atoms with van der Waals surface area (Å²) in [6.45, 7) is 5.25. The molecular weight excluding hydrogens is 210 g/mol. The molecule has 1 aliphatic carbocycles. The summed E-state index contributed by atoms with van der Waals surface area (Å²) in [4.78, 5) is 0. The van der Waals surface area contributed by atoms with E-state index in [1.165, 1.54) is 38.5 Å².